The molecule has 0 bridgehead atoms. The van der Waals surface area contributed by atoms with Gasteiger partial charge in [-0.15, -0.1) is 0 Å². The highest BCUT2D eigenvalue weighted by atomic mass is 35.5. The second kappa shape index (κ2) is 6.02. The molecule has 0 saturated carbocycles. The van der Waals surface area contributed by atoms with Crippen LogP contribution in [0.2, 0.25) is 5.28 Å². The van der Waals surface area contributed by atoms with Crippen LogP contribution in [0.4, 0.5) is 0 Å². The third-order valence-electron chi connectivity index (χ3n) is 3.31. The maximum atomic E-state index is 12.3. The molecular formula is C11H15ClN4O3S. The quantitative estimate of drug-likeness (QED) is 0.808. The van der Waals surface area contributed by atoms with Gasteiger partial charge in [-0.2, -0.15) is 4.31 Å². The van der Waals surface area contributed by atoms with Crippen molar-refractivity contribution in [3.8, 4) is 0 Å². The number of hydrogen-bond donors (Lipinski definition) is 1. The van der Waals surface area contributed by atoms with Gasteiger partial charge >= 0.3 is 0 Å². The van der Waals surface area contributed by atoms with Crippen LogP contribution in [-0.4, -0.2) is 48.7 Å². The first-order chi connectivity index (χ1) is 9.45. The Morgan fingerprint density at radius 1 is 1.35 bits per heavy atom. The van der Waals surface area contributed by atoms with Gasteiger partial charge in [0, 0.05) is 26.1 Å². The lowest BCUT2D eigenvalue weighted by atomic mass is 9.97. The third-order valence-corrected chi connectivity index (χ3v) is 5.35. The first-order valence-electron chi connectivity index (χ1n) is 6.14. The number of nitrogens with zero attached hydrogens (tertiary/aromatic N) is 3. The zero-order valence-electron chi connectivity index (χ0n) is 10.9. The van der Waals surface area contributed by atoms with E-state index in [4.69, 9.17) is 11.6 Å². The second-order valence-electron chi connectivity index (χ2n) is 4.48. The highest BCUT2D eigenvalue weighted by Crippen LogP contribution is 2.23. The van der Waals surface area contributed by atoms with Gasteiger partial charge in [0.1, 0.15) is 4.90 Å². The van der Waals surface area contributed by atoms with Gasteiger partial charge in [-0.25, -0.2) is 18.4 Å². The van der Waals surface area contributed by atoms with Crippen LogP contribution in [0.5, 0.6) is 0 Å². The van der Waals surface area contributed by atoms with E-state index in [1.54, 1.807) is 7.05 Å². The van der Waals surface area contributed by atoms with Crippen molar-refractivity contribution in [2.75, 3.05) is 20.1 Å². The predicted octanol–water partition coefficient (Wildman–Crippen LogP) is 0.277. The minimum atomic E-state index is -3.62. The van der Waals surface area contributed by atoms with E-state index in [-0.39, 0.29) is 22.0 Å². The summed E-state index contributed by atoms with van der Waals surface area (Å²) in [7, 11) is -2.04. The number of amides is 1. The van der Waals surface area contributed by atoms with Crippen LogP contribution in [0.15, 0.2) is 17.3 Å². The zero-order valence-corrected chi connectivity index (χ0v) is 12.5. The van der Waals surface area contributed by atoms with Crippen molar-refractivity contribution < 1.29 is 13.2 Å². The fourth-order valence-electron chi connectivity index (χ4n) is 2.15. The number of halogens is 1. The Labute approximate surface area is 122 Å². The Balaban J connectivity index is 2.09. The maximum absolute atomic E-state index is 12.3. The molecule has 110 valence electrons. The molecule has 1 aliphatic rings. The molecule has 0 radical (unpaired) electrons. The summed E-state index contributed by atoms with van der Waals surface area (Å²) < 4.78 is 26.0. The average molecular weight is 319 g/mol. The monoisotopic (exact) mass is 318 g/mol. The van der Waals surface area contributed by atoms with Crippen molar-refractivity contribution in [1.82, 2.24) is 19.6 Å². The summed E-state index contributed by atoms with van der Waals surface area (Å²) >= 11 is 5.54. The Morgan fingerprint density at radius 2 is 1.90 bits per heavy atom. The van der Waals surface area contributed by atoms with Crippen molar-refractivity contribution in [3.05, 3.63) is 17.7 Å². The molecule has 0 unspecified atom stereocenters. The standard InChI is InChI=1S/C11H15ClN4O3S/c1-13-10(17)8-2-4-16(5-3-8)20(18,19)9-6-14-11(12)15-7-9/h6-8H,2-5H2,1H3,(H,13,17). The molecule has 0 aliphatic carbocycles. The molecule has 1 saturated heterocycles. The first-order valence-corrected chi connectivity index (χ1v) is 7.96. The van der Waals surface area contributed by atoms with Crippen LogP contribution in [0.3, 0.4) is 0 Å². The molecule has 2 heterocycles. The number of carbonyl (C=O) groups excluding carboxylic acids is 1. The summed E-state index contributed by atoms with van der Waals surface area (Å²) in [6.45, 7) is 0.617. The van der Waals surface area contributed by atoms with Crippen LogP contribution < -0.4 is 5.32 Å². The number of aromatic nitrogens is 2. The van der Waals surface area contributed by atoms with Gasteiger partial charge in [0.25, 0.3) is 0 Å². The molecule has 1 aromatic rings. The van der Waals surface area contributed by atoms with E-state index in [0.717, 1.165) is 0 Å². The van der Waals surface area contributed by atoms with Crippen molar-refractivity contribution >= 4 is 27.5 Å². The van der Waals surface area contributed by atoms with E-state index < -0.39 is 10.0 Å². The SMILES string of the molecule is CNC(=O)C1CCN(S(=O)(=O)c2cnc(Cl)nc2)CC1. The lowest BCUT2D eigenvalue weighted by Crippen LogP contribution is -2.42. The van der Waals surface area contributed by atoms with Crippen LogP contribution in [0.1, 0.15) is 12.8 Å². The van der Waals surface area contributed by atoms with Crippen LogP contribution in [0, 0.1) is 5.92 Å². The lowest BCUT2D eigenvalue weighted by molar-refractivity contribution is -0.125. The molecule has 1 amide bonds. The zero-order chi connectivity index (χ0) is 14.8. The minimum absolute atomic E-state index is 0.00211. The molecule has 0 spiro atoms. The second-order valence-corrected chi connectivity index (χ2v) is 6.76. The molecule has 1 fully saturated rings. The number of carbonyl (C=O) groups is 1. The lowest BCUT2D eigenvalue weighted by Gasteiger charge is -2.30. The molecule has 2 rings (SSSR count). The summed E-state index contributed by atoms with van der Waals surface area (Å²) in [5.41, 5.74) is 0. The van der Waals surface area contributed by atoms with Crippen molar-refractivity contribution in [1.29, 1.82) is 0 Å². The summed E-state index contributed by atoms with van der Waals surface area (Å²) in [6, 6.07) is 0. The fourth-order valence-corrected chi connectivity index (χ4v) is 3.60. The summed E-state index contributed by atoms with van der Waals surface area (Å²) in [6.07, 6.45) is 3.39. The van der Waals surface area contributed by atoms with E-state index in [0.29, 0.717) is 25.9 Å². The number of sulfonamides is 1. The van der Waals surface area contributed by atoms with E-state index in [9.17, 15) is 13.2 Å². The number of rotatable bonds is 3. The van der Waals surface area contributed by atoms with Gasteiger partial charge in [0.05, 0.1) is 12.4 Å². The van der Waals surface area contributed by atoms with Gasteiger partial charge in [-0.05, 0) is 24.4 Å². The Morgan fingerprint density at radius 3 is 2.40 bits per heavy atom. The smallest absolute Gasteiger partial charge is 0.246 e. The van der Waals surface area contributed by atoms with Crippen molar-refractivity contribution in [3.63, 3.8) is 0 Å². The Hall–Kier alpha value is -1.25. The molecule has 20 heavy (non-hydrogen) atoms. The van der Waals surface area contributed by atoms with Crippen molar-refractivity contribution in [2.45, 2.75) is 17.7 Å². The molecular weight excluding hydrogens is 304 g/mol. The van der Waals surface area contributed by atoms with Gasteiger partial charge in [0.2, 0.25) is 21.2 Å². The maximum Gasteiger partial charge on any atom is 0.246 e. The number of nitrogens with one attached hydrogen (secondary N) is 1. The third kappa shape index (κ3) is 3.08. The number of hydrogen-bond acceptors (Lipinski definition) is 5. The average Bonchev–Trinajstić information content (AvgIpc) is 2.47. The van der Waals surface area contributed by atoms with E-state index >= 15 is 0 Å². The highest BCUT2D eigenvalue weighted by molar-refractivity contribution is 7.89. The Bertz CT molecular complexity index is 582. The van der Waals surface area contributed by atoms with Gasteiger partial charge < -0.3 is 5.32 Å². The Kier molecular flexibility index (Phi) is 4.56. The summed E-state index contributed by atoms with van der Waals surface area (Å²) in [4.78, 5) is 18.9. The predicted molar refractivity (Wildman–Crippen MR) is 72.6 cm³/mol. The summed E-state index contributed by atoms with van der Waals surface area (Å²) in [5.74, 6) is -0.176. The highest BCUT2D eigenvalue weighted by Gasteiger charge is 2.32. The van der Waals surface area contributed by atoms with E-state index in [1.165, 1.54) is 16.7 Å². The number of piperidine rings is 1. The van der Waals surface area contributed by atoms with Gasteiger partial charge in [0.15, 0.2) is 0 Å². The normalized spacial score (nSPS) is 17.9. The van der Waals surface area contributed by atoms with Gasteiger partial charge in [-0.1, -0.05) is 0 Å². The van der Waals surface area contributed by atoms with E-state index in [2.05, 4.69) is 15.3 Å². The van der Waals surface area contributed by atoms with E-state index in [1.807, 2.05) is 0 Å². The van der Waals surface area contributed by atoms with Crippen molar-refractivity contribution in [2.24, 2.45) is 5.92 Å². The molecule has 1 N–H and O–H groups in total. The minimum Gasteiger partial charge on any atom is -0.359 e. The fraction of sp³-hybridized carbons (Fsp3) is 0.545. The summed E-state index contributed by atoms with van der Waals surface area (Å²) in [5, 5.41) is 2.59. The van der Waals surface area contributed by atoms with Gasteiger partial charge in [-0.3, -0.25) is 4.79 Å². The molecule has 0 atom stereocenters. The van der Waals surface area contributed by atoms with Crippen LogP contribution in [0.25, 0.3) is 0 Å². The molecule has 9 heteroatoms. The van der Waals surface area contributed by atoms with Crippen LogP contribution in [-0.2, 0) is 14.8 Å². The molecule has 1 aliphatic heterocycles. The molecule has 1 aromatic heterocycles. The largest absolute Gasteiger partial charge is 0.359 e. The van der Waals surface area contributed by atoms with Crippen LogP contribution >= 0.6 is 11.6 Å². The molecule has 0 aromatic carbocycles. The molecule has 7 nitrogen and oxygen atoms in total. The topological polar surface area (TPSA) is 92.3 Å². The first kappa shape index (κ1) is 15.1.